The van der Waals surface area contributed by atoms with Crippen molar-refractivity contribution in [2.45, 2.75) is 19.8 Å². The van der Waals surface area contributed by atoms with Gasteiger partial charge in [0.15, 0.2) is 0 Å². The molecule has 0 aliphatic rings. The van der Waals surface area contributed by atoms with Gasteiger partial charge in [0.1, 0.15) is 5.75 Å². The van der Waals surface area contributed by atoms with Crippen molar-refractivity contribution in [2.24, 2.45) is 0 Å². The molecule has 0 aliphatic heterocycles. The predicted molar refractivity (Wildman–Crippen MR) is 128 cm³/mol. The van der Waals surface area contributed by atoms with Crippen LogP contribution in [-0.4, -0.2) is 26.1 Å². The van der Waals surface area contributed by atoms with Gasteiger partial charge in [-0.25, -0.2) is 0 Å². The lowest BCUT2D eigenvalue weighted by Gasteiger charge is -2.23. The molecule has 1 aromatic heterocycles. The van der Waals surface area contributed by atoms with Crippen LogP contribution in [0.25, 0.3) is 0 Å². The van der Waals surface area contributed by atoms with E-state index in [1.807, 2.05) is 48.5 Å². The minimum atomic E-state index is -0.125. The summed E-state index contributed by atoms with van der Waals surface area (Å²) < 4.78 is 6.02. The number of methoxy groups -OCH3 is 1. The maximum atomic E-state index is 12.4. The monoisotopic (exact) mass is 462 g/mol. The van der Waals surface area contributed by atoms with Crippen LogP contribution in [0, 0.1) is 0 Å². The molecule has 158 valence electrons. The van der Waals surface area contributed by atoms with Crippen LogP contribution in [0.4, 0.5) is 11.4 Å². The number of anilines is 2. The smallest absolute Gasteiger partial charge is 0.228 e. The number of benzene rings is 2. The molecule has 1 amide bonds. The number of nitrogens with one attached hydrogen (secondary N) is 1. The Balaban J connectivity index is 1.62. The number of halogens is 2. The highest BCUT2D eigenvalue weighted by Crippen LogP contribution is 2.29. The molecule has 3 aromatic rings. The summed E-state index contributed by atoms with van der Waals surface area (Å²) in [6.45, 7) is 3.83. The Labute approximate surface area is 191 Å². The third-order valence-electron chi connectivity index (χ3n) is 4.73. The first-order valence-corrected chi connectivity index (χ1v) is 11.3. The Morgan fingerprint density at radius 3 is 2.63 bits per heavy atom. The van der Waals surface area contributed by atoms with Crippen LogP contribution < -0.4 is 15.0 Å². The molecule has 0 saturated heterocycles. The third kappa shape index (κ3) is 6.14. The average molecular weight is 463 g/mol. The maximum Gasteiger partial charge on any atom is 0.228 e. The van der Waals surface area contributed by atoms with Crippen LogP contribution in [0.1, 0.15) is 17.4 Å². The fourth-order valence-corrected chi connectivity index (χ4v) is 4.46. The van der Waals surface area contributed by atoms with E-state index in [1.165, 1.54) is 4.88 Å². The lowest BCUT2D eigenvalue weighted by atomic mass is 10.1. The second kappa shape index (κ2) is 10.7. The summed E-state index contributed by atoms with van der Waals surface area (Å²) in [5.74, 6) is 0.604. The number of hydrogen-bond donors (Lipinski definition) is 1. The van der Waals surface area contributed by atoms with Gasteiger partial charge in [0.05, 0.1) is 28.6 Å². The second-order valence-corrected chi connectivity index (χ2v) is 8.98. The normalized spacial score (nSPS) is 10.7. The molecule has 0 atom stereocenters. The molecule has 7 heteroatoms. The fourth-order valence-electron chi connectivity index (χ4n) is 3.17. The van der Waals surface area contributed by atoms with Crippen molar-refractivity contribution >= 4 is 51.8 Å². The zero-order valence-corrected chi connectivity index (χ0v) is 19.3. The third-order valence-corrected chi connectivity index (χ3v) is 6.33. The first-order chi connectivity index (χ1) is 14.5. The Hall–Kier alpha value is -2.21. The molecule has 1 N–H and O–H groups in total. The number of ether oxygens (including phenoxy) is 1. The van der Waals surface area contributed by atoms with E-state index in [0.717, 1.165) is 40.8 Å². The van der Waals surface area contributed by atoms with E-state index in [4.69, 9.17) is 27.9 Å². The number of likely N-dealkylation sites (N-methyl/N-ethyl adjacent to an activating group) is 1. The van der Waals surface area contributed by atoms with E-state index in [9.17, 15) is 4.79 Å². The first-order valence-electron chi connectivity index (χ1n) is 9.70. The molecular formula is C23H24Cl2N2O2S. The highest BCUT2D eigenvalue weighted by atomic mass is 35.5. The van der Waals surface area contributed by atoms with Gasteiger partial charge < -0.3 is 15.0 Å². The molecule has 0 bridgehead atoms. The highest BCUT2D eigenvalue weighted by Gasteiger charge is 2.11. The van der Waals surface area contributed by atoms with Gasteiger partial charge in [-0.2, -0.15) is 0 Å². The van der Waals surface area contributed by atoms with Gasteiger partial charge >= 0.3 is 0 Å². The van der Waals surface area contributed by atoms with Crippen LogP contribution in [0.15, 0.2) is 54.6 Å². The molecule has 0 saturated carbocycles. The summed E-state index contributed by atoms with van der Waals surface area (Å²) >= 11 is 14.1. The Kier molecular flexibility index (Phi) is 8.02. The lowest BCUT2D eigenvalue weighted by molar-refractivity contribution is -0.115. The fraction of sp³-hybridized carbons (Fsp3) is 0.261. The number of carbonyl (C=O) groups is 1. The van der Waals surface area contributed by atoms with Gasteiger partial charge in [0.2, 0.25) is 5.91 Å². The van der Waals surface area contributed by atoms with Gasteiger partial charge in [-0.05, 0) is 61.4 Å². The molecule has 0 fully saturated rings. The lowest BCUT2D eigenvalue weighted by Crippen LogP contribution is -2.25. The predicted octanol–water partition coefficient (Wildman–Crippen LogP) is 6.31. The minimum absolute atomic E-state index is 0.125. The number of carbonyl (C=O) groups excluding carboxylic acids is 1. The molecule has 0 unspecified atom stereocenters. The van der Waals surface area contributed by atoms with Crippen molar-refractivity contribution in [1.29, 1.82) is 0 Å². The molecule has 0 aliphatic carbocycles. The molecule has 30 heavy (non-hydrogen) atoms. The number of rotatable bonds is 9. The first kappa shape index (κ1) is 22.5. The van der Waals surface area contributed by atoms with E-state index in [2.05, 4.69) is 23.2 Å². The number of thiophene rings is 1. The largest absolute Gasteiger partial charge is 0.497 e. The van der Waals surface area contributed by atoms with Gasteiger partial charge in [-0.1, -0.05) is 35.3 Å². The van der Waals surface area contributed by atoms with E-state index in [0.29, 0.717) is 10.7 Å². The van der Waals surface area contributed by atoms with E-state index in [-0.39, 0.29) is 12.3 Å². The highest BCUT2D eigenvalue weighted by molar-refractivity contribution is 7.16. The van der Waals surface area contributed by atoms with Gasteiger partial charge in [-0.15, -0.1) is 11.3 Å². The van der Waals surface area contributed by atoms with Gasteiger partial charge in [0, 0.05) is 23.7 Å². The quantitative estimate of drug-likeness (QED) is 0.404. The molecule has 1 heterocycles. The van der Waals surface area contributed by atoms with Crippen molar-refractivity contribution in [3.05, 3.63) is 74.4 Å². The van der Waals surface area contributed by atoms with Crippen molar-refractivity contribution in [2.75, 3.05) is 30.4 Å². The van der Waals surface area contributed by atoms with Crippen LogP contribution >= 0.6 is 34.5 Å². The molecule has 0 spiro atoms. The Morgan fingerprint density at radius 2 is 1.97 bits per heavy atom. The van der Waals surface area contributed by atoms with Crippen molar-refractivity contribution in [3.8, 4) is 5.75 Å². The van der Waals surface area contributed by atoms with E-state index < -0.39 is 0 Å². The van der Waals surface area contributed by atoms with E-state index >= 15 is 0 Å². The topological polar surface area (TPSA) is 41.6 Å². The van der Waals surface area contributed by atoms with Crippen molar-refractivity contribution in [3.63, 3.8) is 0 Å². The van der Waals surface area contributed by atoms with Crippen molar-refractivity contribution < 1.29 is 9.53 Å². The summed E-state index contributed by atoms with van der Waals surface area (Å²) in [7, 11) is 1.61. The van der Waals surface area contributed by atoms with Crippen LogP contribution in [-0.2, 0) is 17.6 Å². The van der Waals surface area contributed by atoms with E-state index in [1.54, 1.807) is 18.4 Å². The number of amides is 1. The minimum Gasteiger partial charge on any atom is -0.497 e. The molecule has 3 rings (SSSR count). The van der Waals surface area contributed by atoms with Gasteiger partial charge in [-0.3, -0.25) is 4.79 Å². The second-order valence-electron chi connectivity index (χ2n) is 6.78. The Morgan fingerprint density at radius 1 is 1.13 bits per heavy atom. The van der Waals surface area contributed by atoms with Crippen LogP contribution in [0.3, 0.4) is 0 Å². The molecule has 2 aromatic carbocycles. The van der Waals surface area contributed by atoms with Crippen molar-refractivity contribution in [1.82, 2.24) is 0 Å². The van der Waals surface area contributed by atoms with Crippen LogP contribution in [0.2, 0.25) is 9.36 Å². The SMILES string of the molecule is CCN(CCc1ccc(Cl)s1)c1ccc(NC(=O)Cc2cccc(OC)c2)c(Cl)c1. The summed E-state index contributed by atoms with van der Waals surface area (Å²) in [5.41, 5.74) is 2.51. The standard InChI is InChI=1S/C23H24Cl2N2O2S/c1-3-27(12-11-19-8-10-22(25)30-19)17-7-9-21(20(24)15-17)26-23(28)14-16-5-4-6-18(13-16)29-2/h4-10,13,15H,3,11-12,14H2,1-2H3,(H,26,28). The molecular weight excluding hydrogens is 439 g/mol. The van der Waals surface area contributed by atoms with Crippen LogP contribution in [0.5, 0.6) is 5.75 Å². The summed E-state index contributed by atoms with van der Waals surface area (Å²) in [6.07, 6.45) is 1.17. The zero-order valence-electron chi connectivity index (χ0n) is 17.0. The summed E-state index contributed by atoms with van der Waals surface area (Å²) in [5, 5.41) is 3.42. The maximum absolute atomic E-state index is 12.4. The summed E-state index contributed by atoms with van der Waals surface area (Å²) in [6, 6.07) is 17.2. The summed E-state index contributed by atoms with van der Waals surface area (Å²) in [4.78, 5) is 15.9. The molecule has 4 nitrogen and oxygen atoms in total. The number of nitrogens with zero attached hydrogens (tertiary/aromatic N) is 1. The van der Waals surface area contributed by atoms with Gasteiger partial charge in [0.25, 0.3) is 0 Å². The average Bonchev–Trinajstić information content (AvgIpc) is 3.15. The Bertz CT molecular complexity index is 1010. The number of hydrogen-bond acceptors (Lipinski definition) is 4. The zero-order chi connectivity index (χ0) is 21.5. The molecule has 0 radical (unpaired) electrons.